The number of carboxylic acids is 1. The van der Waals surface area contributed by atoms with Crippen LogP contribution in [0.1, 0.15) is 33.6 Å². The fourth-order valence-corrected chi connectivity index (χ4v) is 4.58. The van der Waals surface area contributed by atoms with Crippen LogP contribution in [0.4, 0.5) is 5.69 Å². The average Bonchev–Trinajstić information content (AvgIpc) is 2.77. The Balaban J connectivity index is 1.62. The van der Waals surface area contributed by atoms with Crippen molar-refractivity contribution in [3.05, 3.63) is 97.4 Å². The third-order valence-corrected chi connectivity index (χ3v) is 6.27. The number of fused-ring (bicyclic) bond motifs is 1. The van der Waals surface area contributed by atoms with E-state index in [0.717, 1.165) is 30.6 Å². The van der Waals surface area contributed by atoms with Gasteiger partial charge in [-0.15, -0.1) is 0 Å². The summed E-state index contributed by atoms with van der Waals surface area (Å²) < 4.78 is 1.65. The first-order valence-corrected chi connectivity index (χ1v) is 10.9. The summed E-state index contributed by atoms with van der Waals surface area (Å²) in [5, 5.41) is 9.62. The summed E-state index contributed by atoms with van der Waals surface area (Å²) in [7, 11) is 0. The lowest BCUT2D eigenvalue weighted by Gasteiger charge is -2.32. The smallest absolute Gasteiger partial charge is 0.335 e. The highest BCUT2D eigenvalue weighted by atomic mass is 35.5. The number of nitrogens with zero attached hydrogens (tertiary/aromatic N) is 2. The minimum absolute atomic E-state index is 0.0917. The van der Waals surface area contributed by atoms with Gasteiger partial charge in [-0.1, -0.05) is 53.5 Å². The summed E-state index contributed by atoms with van der Waals surface area (Å²) in [5.41, 5.74) is 4.09. The van der Waals surface area contributed by atoms with Crippen LogP contribution in [-0.4, -0.2) is 22.2 Å². The standard InChI is InChI=1S/C24H22Cl2N2O3/c25-19-14-20(26)23(29)28(13-11-16-7-9-18(10-8-16)24(30)31)22(19)15-27-12-3-5-17-4-1-2-6-21(17)27/h1-2,4,6-10,14H,3,5,11-13,15H2,(H,30,31). The number of halogens is 2. The zero-order chi connectivity index (χ0) is 22.0. The number of aryl methyl sites for hydroxylation is 2. The lowest BCUT2D eigenvalue weighted by molar-refractivity contribution is 0.0697. The van der Waals surface area contributed by atoms with Crippen molar-refractivity contribution in [2.75, 3.05) is 11.4 Å². The van der Waals surface area contributed by atoms with Gasteiger partial charge in [-0.3, -0.25) is 4.79 Å². The molecule has 0 amide bonds. The second-order valence-electron chi connectivity index (χ2n) is 7.65. The minimum Gasteiger partial charge on any atom is -0.478 e. The number of para-hydroxylation sites is 1. The van der Waals surface area contributed by atoms with Gasteiger partial charge in [0.2, 0.25) is 0 Å². The molecule has 0 unspecified atom stereocenters. The van der Waals surface area contributed by atoms with Crippen LogP contribution in [0.5, 0.6) is 0 Å². The van der Waals surface area contributed by atoms with Crippen molar-refractivity contribution in [2.24, 2.45) is 0 Å². The van der Waals surface area contributed by atoms with E-state index < -0.39 is 5.97 Å². The normalized spacial score (nSPS) is 13.2. The Morgan fingerprint density at radius 1 is 1.03 bits per heavy atom. The number of aromatic nitrogens is 1. The molecule has 0 fully saturated rings. The quantitative estimate of drug-likeness (QED) is 0.563. The molecular formula is C24H22Cl2N2O3. The second kappa shape index (κ2) is 9.16. The molecule has 0 aliphatic carbocycles. The van der Waals surface area contributed by atoms with Gasteiger partial charge in [0.15, 0.2) is 0 Å². The lowest BCUT2D eigenvalue weighted by atomic mass is 10.0. The van der Waals surface area contributed by atoms with Gasteiger partial charge in [-0.05, 0) is 54.7 Å². The first-order valence-electron chi connectivity index (χ1n) is 10.2. The van der Waals surface area contributed by atoms with Crippen LogP contribution in [0.15, 0.2) is 59.4 Å². The third-order valence-electron chi connectivity index (χ3n) is 5.68. The molecule has 160 valence electrons. The molecule has 1 aliphatic rings. The maximum Gasteiger partial charge on any atom is 0.335 e. The highest BCUT2D eigenvalue weighted by molar-refractivity contribution is 6.34. The zero-order valence-corrected chi connectivity index (χ0v) is 18.4. The van der Waals surface area contributed by atoms with Gasteiger partial charge in [-0.2, -0.15) is 0 Å². The molecule has 7 heteroatoms. The summed E-state index contributed by atoms with van der Waals surface area (Å²) in [6.07, 6.45) is 2.64. The first kappa shape index (κ1) is 21.5. The maximum absolute atomic E-state index is 12.9. The lowest BCUT2D eigenvalue weighted by Crippen LogP contribution is -2.33. The molecule has 0 bridgehead atoms. The number of carboxylic acid groups (broad SMARTS) is 1. The molecule has 0 spiro atoms. The van der Waals surface area contributed by atoms with E-state index in [1.165, 1.54) is 17.3 Å². The number of carbonyl (C=O) groups is 1. The highest BCUT2D eigenvalue weighted by Crippen LogP contribution is 2.30. The largest absolute Gasteiger partial charge is 0.478 e. The number of hydrogen-bond acceptors (Lipinski definition) is 3. The van der Waals surface area contributed by atoms with E-state index in [0.29, 0.717) is 24.5 Å². The van der Waals surface area contributed by atoms with Crippen molar-refractivity contribution in [1.82, 2.24) is 4.57 Å². The minimum atomic E-state index is -0.964. The molecule has 1 aromatic heterocycles. The number of aromatic carboxylic acids is 1. The molecule has 2 aromatic carbocycles. The molecule has 2 heterocycles. The molecular weight excluding hydrogens is 435 g/mol. The predicted octanol–water partition coefficient (Wildman–Crippen LogP) is 5.05. The molecule has 0 atom stereocenters. The summed E-state index contributed by atoms with van der Waals surface area (Å²) in [5.74, 6) is -0.964. The van der Waals surface area contributed by atoms with Gasteiger partial charge >= 0.3 is 5.97 Å². The van der Waals surface area contributed by atoms with E-state index >= 15 is 0 Å². The van der Waals surface area contributed by atoms with Gasteiger partial charge in [0.25, 0.3) is 5.56 Å². The monoisotopic (exact) mass is 456 g/mol. The summed E-state index contributed by atoms with van der Waals surface area (Å²) in [4.78, 5) is 26.2. The number of anilines is 1. The zero-order valence-electron chi connectivity index (χ0n) is 16.9. The van der Waals surface area contributed by atoms with E-state index in [1.807, 2.05) is 12.1 Å². The number of rotatable bonds is 6. The average molecular weight is 457 g/mol. The Kier molecular flexibility index (Phi) is 6.35. The van der Waals surface area contributed by atoms with Gasteiger partial charge in [-0.25, -0.2) is 4.79 Å². The molecule has 0 saturated carbocycles. The van der Waals surface area contributed by atoms with Crippen molar-refractivity contribution in [1.29, 1.82) is 0 Å². The predicted molar refractivity (Wildman–Crippen MR) is 124 cm³/mol. The van der Waals surface area contributed by atoms with E-state index in [1.54, 1.807) is 28.8 Å². The van der Waals surface area contributed by atoms with E-state index in [9.17, 15) is 9.59 Å². The molecule has 0 radical (unpaired) electrons. The van der Waals surface area contributed by atoms with Gasteiger partial charge in [0.1, 0.15) is 5.02 Å². The Morgan fingerprint density at radius 2 is 1.77 bits per heavy atom. The maximum atomic E-state index is 12.9. The van der Waals surface area contributed by atoms with Crippen molar-refractivity contribution >= 4 is 34.9 Å². The molecule has 5 nitrogen and oxygen atoms in total. The molecule has 31 heavy (non-hydrogen) atoms. The van der Waals surface area contributed by atoms with Gasteiger partial charge in [0.05, 0.1) is 22.8 Å². The van der Waals surface area contributed by atoms with Crippen molar-refractivity contribution in [2.45, 2.75) is 32.4 Å². The summed E-state index contributed by atoms with van der Waals surface area (Å²) in [6, 6.07) is 16.5. The number of pyridine rings is 1. The fraction of sp³-hybridized carbons (Fsp3) is 0.250. The Hall–Kier alpha value is -2.76. The molecule has 4 rings (SSSR count). The third kappa shape index (κ3) is 4.63. The van der Waals surface area contributed by atoms with Gasteiger partial charge < -0.3 is 14.6 Å². The summed E-state index contributed by atoms with van der Waals surface area (Å²) >= 11 is 12.7. The van der Waals surface area contributed by atoms with Crippen molar-refractivity contribution in [3.8, 4) is 0 Å². The highest BCUT2D eigenvalue weighted by Gasteiger charge is 2.20. The second-order valence-corrected chi connectivity index (χ2v) is 8.46. The van der Waals surface area contributed by atoms with E-state index in [2.05, 4.69) is 17.0 Å². The Morgan fingerprint density at radius 3 is 2.52 bits per heavy atom. The van der Waals surface area contributed by atoms with Gasteiger partial charge in [0, 0.05) is 18.8 Å². The SMILES string of the molecule is O=C(O)c1ccc(CCn2c(CN3CCCc4ccccc43)c(Cl)cc(Cl)c2=O)cc1. The van der Waals surface area contributed by atoms with E-state index in [4.69, 9.17) is 28.3 Å². The molecule has 3 aromatic rings. The van der Waals surface area contributed by atoms with Crippen LogP contribution in [-0.2, 0) is 25.9 Å². The first-order chi connectivity index (χ1) is 14.9. The topological polar surface area (TPSA) is 62.5 Å². The van der Waals surface area contributed by atoms with Crippen LogP contribution in [0.3, 0.4) is 0 Å². The van der Waals surface area contributed by atoms with Crippen LogP contribution in [0.25, 0.3) is 0 Å². The van der Waals surface area contributed by atoms with Crippen LogP contribution in [0, 0.1) is 0 Å². The van der Waals surface area contributed by atoms with Crippen LogP contribution in [0.2, 0.25) is 10.0 Å². The molecule has 1 N–H and O–H groups in total. The molecule has 0 saturated heterocycles. The van der Waals surface area contributed by atoms with Crippen molar-refractivity contribution < 1.29 is 9.90 Å². The van der Waals surface area contributed by atoms with E-state index in [-0.39, 0.29) is 16.1 Å². The number of benzene rings is 2. The summed E-state index contributed by atoms with van der Waals surface area (Å²) in [6.45, 7) is 1.80. The van der Waals surface area contributed by atoms with Crippen LogP contribution < -0.4 is 10.5 Å². The van der Waals surface area contributed by atoms with Crippen LogP contribution >= 0.6 is 23.2 Å². The Labute approximate surface area is 190 Å². The molecule has 1 aliphatic heterocycles. The Bertz CT molecular complexity index is 1170. The fourth-order valence-electron chi connectivity index (χ4n) is 4.05. The number of hydrogen-bond donors (Lipinski definition) is 1. The van der Waals surface area contributed by atoms with Crippen molar-refractivity contribution in [3.63, 3.8) is 0 Å².